The molecule has 2 rings (SSSR count). The molecule has 0 aromatic rings. The molecule has 0 nitrogen and oxygen atoms in total. The second kappa shape index (κ2) is 5.78. The van der Waals surface area contributed by atoms with Crippen molar-refractivity contribution in [3.63, 3.8) is 0 Å². The molecule has 2 aliphatic carbocycles. The van der Waals surface area contributed by atoms with Crippen molar-refractivity contribution in [1.82, 2.24) is 0 Å². The summed E-state index contributed by atoms with van der Waals surface area (Å²) >= 11 is 0. The SMILES string of the molecule is C1CCCC[C](C2CCCC2)CCC1. The molecule has 2 aliphatic rings. The van der Waals surface area contributed by atoms with E-state index in [0.717, 1.165) is 5.92 Å². The molecule has 1 radical (unpaired) electrons. The van der Waals surface area contributed by atoms with Gasteiger partial charge in [-0.3, -0.25) is 0 Å². The molecule has 2 saturated carbocycles. The molecule has 81 valence electrons. The Balaban J connectivity index is 1.80. The van der Waals surface area contributed by atoms with Gasteiger partial charge in [0.2, 0.25) is 0 Å². The molecule has 0 N–H and O–H groups in total. The van der Waals surface area contributed by atoms with Gasteiger partial charge in [0.05, 0.1) is 0 Å². The smallest absolute Gasteiger partial charge is 0.0210 e. The number of rotatable bonds is 1. The van der Waals surface area contributed by atoms with Gasteiger partial charge in [-0.15, -0.1) is 0 Å². The van der Waals surface area contributed by atoms with Gasteiger partial charge in [0.15, 0.2) is 0 Å². The van der Waals surface area contributed by atoms with E-state index in [1.807, 2.05) is 5.92 Å². The average Bonchev–Trinajstić information content (AvgIpc) is 2.75. The Morgan fingerprint density at radius 2 is 1.07 bits per heavy atom. The topological polar surface area (TPSA) is 0 Å². The van der Waals surface area contributed by atoms with Crippen molar-refractivity contribution < 1.29 is 0 Å². The molecule has 0 saturated heterocycles. The summed E-state index contributed by atoms with van der Waals surface area (Å²) in [5.74, 6) is 3.01. The Bertz CT molecular complexity index is 134. The molecule has 0 atom stereocenters. The van der Waals surface area contributed by atoms with Gasteiger partial charge < -0.3 is 0 Å². The normalized spacial score (nSPS) is 28.3. The van der Waals surface area contributed by atoms with Gasteiger partial charge >= 0.3 is 0 Å². The standard InChI is InChI=1S/C14H25/c1-2-4-6-10-13(9-5-3-1)14-11-7-8-12-14/h14H,1-12H2. The summed E-state index contributed by atoms with van der Waals surface area (Å²) in [5, 5.41) is 0. The van der Waals surface area contributed by atoms with Crippen LogP contribution in [0.3, 0.4) is 0 Å². The minimum Gasteiger partial charge on any atom is -0.0533 e. The van der Waals surface area contributed by atoms with E-state index in [1.54, 1.807) is 0 Å². The predicted molar refractivity (Wildman–Crippen MR) is 62.1 cm³/mol. The van der Waals surface area contributed by atoms with Gasteiger partial charge in [-0.2, -0.15) is 0 Å². The van der Waals surface area contributed by atoms with E-state index in [2.05, 4.69) is 0 Å². The molecule has 0 spiro atoms. The van der Waals surface area contributed by atoms with Crippen LogP contribution in [0, 0.1) is 11.8 Å². The van der Waals surface area contributed by atoms with Crippen LogP contribution < -0.4 is 0 Å². The van der Waals surface area contributed by atoms with Crippen LogP contribution >= 0.6 is 0 Å². The fourth-order valence-corrected chi connectivity index (χ4v) is 3.28. The fraction of sp³-hybridized carbons (Fsp3) is 0.929. The van der Waals surface area contributed by atoms with E-state index in [9.17, 15) is 0 Å². The highest BCUT2D eigenvalue weighted by atomic mass is 14.3. The first-order chi connectivity index (χ1) is 6.97. The zero-order valence-electron chi connectivity index (χ0n) is 9.56. The highest BCUT2D eigenvalue weighted by Gasteiger charge is 2.24. The molecule has 0 aromatic heterocycles. The summed E-state index contributed by atoms with van der Waals surface area (Å²) in [6.45, 7) is 0. The van der Waals surface area contributed by atoms with Gasteiger partial charge in [-0.05, 0) is 37.5 Å². The summed E-state index contributed by atoms with van der Waals surface area (Å²) < 4.78 is 0. The molecule has 0 unspecified atom stereocenters. The third-order valence-corrected chi connectivity index (χ3v) is 4.18. The van der Waals surface area contributed by atoms with E-state index < -0.39 is 0 Å². The molecule has 0 amide bonds. The van der Waals surface area contributed by atoms with Crippen molar-refractivity contribution in [1.29, 1.82) is 0 Å². The molecular weight excluding hydrogens is 168 g/mol. The molecule has 0 aromatic carbocycles. The molecule has 0 heteroatoms. The molecule has 2 fully saturated rings. The molecule has 0 heterocycles. The van der Waals surface area contributed by atoms with Gasteiger partial charge in [-0.25, -0.2) is 0 Å². The lowest BCUT2D eigenvalue weighted by atomic mass is 9.83. The van der Waals surface area contributed by atoms with E-state index in [-0.39, 0.29) is 0 Å². The molecule has 0 aliphatic heterocycles. The van der Waals surface area contributed by atoms with Crippen LogP contribution in [0.1, 0.15) is 77.0 Å². The number of hydrogen-bond donors (Lipinski definition) is 0. The Hall–Kier alpha value is 0. The van der Waals surface area contributed by atoms with Crippen molar-refractivity contribution in [3.05, 3.63) is 5.92 Å². The second-order valence-electron chi connectivity index (χ2n) is 5.26. The first-order valence-corrected chi connectivity index (χ1v) is 6.81. The maximum atomic E-state index is 1.96. The average molecular weight is 193 g/mol. The summed E-state index contributed by atoms with van der Waals surface area (Å²) in [6.07, 6.45) is 18.0. The van der Waals surface area contributed by atoms with Crippen LogP contribution in [0.25, 0.3) is 0 Å². The highest BCUT2D eigenvalue weighted by Crippen LogP contribution is 2.39. The quantitative estimate of drug-likeness (QED) is 0.556. The van der Waals surface area contributed by atoms with Gasteiger partial charge in [0, 0.05) is 0 Å². The van der Waals surface area contributed by atoms with E-state index in [4.69, 9.17) is 0 Å². The van der Waals surface area contributed by atoms with Gasteiger partial charge in [0.25, 0.3) is 0 Å². The molecule has 14 heavy (non-hydrogen) atoms. The maximum absolute atomic E-state index is 1.96. The molecule has 0 bridgehead atoms. The predicted octanol–water partition coefficient (Wildman–Crippen LogP) is 4.89. The molecular formula is C14H25. The lowest BCUT2D eigenvalue weighted by Crippen LogP contribution is -2.09. The second-order valence-corrected chi connectivity index (χ2v) is 5.26. The highest BCUT2D eigenvalue weighted by molar-refractivity contribution is 4.98. The van der Waals surface area contributed by atoms with Crippen LogP contribution in [0.2, 0.25) is 0 Å². The number of hydrogen-bond acceptors (Lipinski definition) is 0. The summed E-state index contributed by atoms with van der Waals surface area (Å²) in [7, 11) is 0. The maximum Gasteiger partial charge on any atom is -0.0210 e. The zero-order chi connectivity index (χ0) is 9.64. The summed E-state index contributed by atoms with van der Waals surface area (Å²) in [5.41, 5.74) is 0. The Kier molecular flexibility index (Phi) is 4.34. The summed E-state index contributed by atoms with van der Waals surface area (Å²) in [6, 6.07) is 0. The van der Waals surface area contributed by atoms with Crippen LogP contribution in [-0.2, 0) is 0 Å². The minimum absolute atomic E-state index is 1.05. The van der Waals surface area contributed by atoms with Gasteiger partial charge in [-0.1, -0.05) is 51.4 Å². The minimum atomic E-state index is 1.05. The van der Waals surface area contributed by atoms with Crippen LogP contribution in [0.5, 0.6) is 0 Å². The van der Waals surface area contributed by atoms with Crippen molar-refractivity contribution in [3.8, 4) is 0 Å². The van der Waals surface area contributed by atoms with Crippen LogP contribution in [0.15, 0.2) is 0 Å². The fourth-order valence-electron chi connectivity index (χ4n) is 3.28. The van der Waals surface area contributed by atoms with Crippen molar-refractivity contribution in [2.75, 3.05) is 0 Å². The Labute approximate surface area is 89.5 Å². The van der Waals surface area contributed by atoms with E-state index in [0.29, 0.717) is 0 Å². The lowest BCUT2D eigenvalue weighted by Gasteiger charge is -2.22. The van der Waals surface area contributed by atoms with Crippen molar-refractivity contribution >= 4 is 0 Å². The van der Waals surface area contributed by atoms with E-state index >= 15 is 0 Å². The third kappa shape index (κ3) is 3.00. The van der Waals surface area contributed by atoms with Crippen LogP contribution in [0.4, 0.5) is 0 Å². The third-order valence-electron chi connectivity index (χ3n) is 4.18. The lowest BCUT2D eigenvalue weighted by molar-refractivity contribution is 0.474. The Morgan fingerprint density at radius 1 is 0.571 bits per heavy atom. The first-order valence-electron chi connectivity index (χ1n) is 6.81. The van der Waals surface area contributed by atoms with Crippen molar-refractivity contribution in [2.24, 2.45) is 5.92 Å². The summed E-state index contributed by atoms with van der Waals surface area (Å²) in [4.78, 5) is 0. The largest absolute Gasteiger partial charge is 0.0533 e. The van der Waals surface area contributed by atoms with Gasteiger partial charge in [0.1, 0.15) is 0 Å². The van der Waals surface area contributed by atoms with Crippen molar-refractivity contribution in [2.45, 2.75) is 77.0 Å². The zero-order valence-corrected chi connectivity index (χ0v) is 9.56. The monoisotopic (exact) mass is 193 g/mol. The van der Waals surface area contributed by atoms with E-state index in [1.165, 1.54) is 77.0 Å². The Morgan fingerprint density at radius 3 is 1.64 bits per heavy atom. The first kappa shape index (κ1) is 10.5. The van der Waals surface area contributed by atoms with Crippen LogP contribution in [-0.4, -0.2) is 0 Å².